The van der Waals surface area contributed by atoms with Crippen molar-refractivity contribution in [2.24, 2.45) is 0 Å². The van der Waals surface area contributed by atoms with E-state index in [0.29, 0.717) is 0 Å². The number of aliphatic hydroxyl groups is 1. The molecule has 1 saturated heterocycles. The van der Waals surface area contributed by atoms with Crippen LogP contribution >= 0.6 is 0 Å². The molecule has 1 heterocycles. The molecule has 7 heteroatoms. The Morgan fingerprint density at radius 2 is 2.15 bits per heavy atom. The molecule has 0 aromatic heterocycles. The molecule has 1 aliphatic rings. The number of rotatable bonds is 3. The molecule has 1 unspecified atom stereocenters. The second kappa shape index (κ2) is 5.46. The summed E-state index contributed by atoms with van der Waals surface area (Å²) < 4.78 is 18.8. The third-order valence-electron chi connectivity index (χ3n) is 3.23. The molecule has 2 N–H and O–H groups in total. The lowest BCUT2D eigenvalue weighted by atomic mass is 10.1. The van der Waals surface area contributed by atoms with E-state index in [-0.39, 0.29) is 24.3 Å². The number of methoxy groups -OCH3 is 1. The highest BCUT2D eigenvalue weighted by atomic mass is 19.1. The molecule has 1 aromatic carbocycles. The molecule has 1 amide bonds. The minimum Gasteiger partial charge on any atom is -0.496 e. The van der Waals surface area contributed by atoms with Gasteiger partial charge in [-0.2, -0.15) is 0 Å². The van der Waals surface area contributed by atoms with E-state index >= 15 is 0 Å². The van der Waals surface area contributed by atoms with Gasteiger partial charge in [0.25, 0.3) is 5.91 Å². The molecule has 0 radical (unpaired) electrons. The SMILES string of the molecule is COc1cccc(F)c1C(=O)N1CC(O)C[C@H]1C(=O)O. The van der Waals surface area contributed by atoms with E-state index in [9.17, 15) is 19.1 Å². The van der Waals surface area contributed by atoms with E-state index in [1.807, 2.05) is 0 Å². The lowest BCUT2D eigenvalue weighted by Crippen LogP contribution is -2.41. The molecule has 0 aliphatic carbocycles. The largest absolute Gasteiger partial charge is 0.496 e. The van der Waals surface area contributed by atoms with Crippen LogP contribution in [-0.2, 0) is 4.79 Å². The summed E-state index contributed by atoms with van der Waals surface area (Å²) >= 11 is 0. The van der Waals surface area contributed by atoms with E-state index in [0.717, 1.165) is 11.0 Å². The first-order valence-electron chi connectivity index (χ1n) is 6.00. The summed E-state index contributed by atoms with van der Waals surface area (Å²) in [6.45, 7) is -0.146. The molecule has 20 heavy (non-hydrogen) atoms. The highest BCUT2D eigenvalue weighted by molar-refractivity contribution is 5.99. The van der Waals surface area contributed by atoms with Crippen molar-refractivity contribution in [3.63, 3.8) is 0 Å². The molecule has 0 bridgehead atoms. The van der Waals surface area contributed by atoms with E-state index in [2.05, 4.69) is 0 Å². The van der Waals surface area contributed by atoms with Gasteiger partial charge in [-0.3, -0.25) is 4.79 Å². The second-order valence-electron chi connectivity index (χ2n) is 4.52. The van der Waals surface area contributed by atoms with Gasteiger partial charge in [-0.05, 0) is 12.1 Å². The minimum atomic E-state index is -1.23. The average molecular weight is 283 g/mol. The van der Waals surface area contributed by atoms with Crippen LogP contribution in [0.15, 0.2) is 18.2 Å². The number of β-amino-alcohol motifs (C(OH)–C–C–N with tert-alkyl or cyclic N) is 1. The molecular formula is C13H14FNO5. The van der Waals surface area contributed by atoms with Gasteiger partial charge in [-0.1, -0.05) is 6.07 Å². The predicted octanol–water partition coefficient (Wildman–Crippen LogP) is 0.494. The third kappa shape index (κ3) is 2.44. The van der Waals surface area contributed by atoms with E-state index in [1.54, 1.807) is 0 Å². The Morgan fingerprint density at radius 1 is 1.45 bits per heavy atom. The molecule has 108 valence electrons. The van der Waals surface area contributed by atoms with Crippen LogP contribution in [0.4, 0.5) is 4.39 Å². The van der Waals surface area contributed by atoms with Crippen LogP contribution in [0.1, 0.15) is 16.8 Å². The monoisotopic (exact) mass is 283 g/mol. The Morgan fingerprint density at radius 3 is 2.75 bits per heavy atom. The van der Waals surface area contributed by atoms with Gasteiger partial charge in [-0.15, -0.1) is 0 Å². The van der Waals surface area contributed by atoms with Crippen molar-refractivity contribution in [1.82, 2.24) is 4.90 Å². The van der Waals surface area contributed by atoms with E-state index in [4.69, 9.17) is 9.84 Å². The van der Waals surface area contributed by atoms with Crippen LogP contribution in [0.3, 0.4) is 0 Å². The predicted molar refractivity (Wildman–Crippen MR) is 66.0 cm³/mol. The number of likely N-dealkylation sites (tertiary alicyclic amines) is 1. The van der Waals surface area contributed by atoms with Crippen LogP contribution < -0.4 is 4.74 Å². The standard InChI is InChI=1S/C13H14FNO5/c1-20-10-4-2-3-8(14)11(10)12(17)15-6-7(16)5-9(15)13(18)19/h2-4,7,9,16H,5-6H2,1H3,(H,18,19)/t7?,9-/m0/s1. The fraction of sp³-hybridized carbons (Fsp3) is 0.385. The number of hydrogen-bond acceptors (Lipinski definition) is 4. The summed E-state index contributed by atoms with van der Waals surface area (Å²) in [5, 5.41) is 18.6. The number of aliphatic carboxylic acids is 1. The fourth-order valence-electron chi connectivity index (χ4n) is 2.30. The molecule has 1 fully saturated rings. The summed E-state index contributed by atoms with van der Waals surface area (Å²) in [5.41, 5.74) is -0.324. The van der Waals surface area contributed by atoms with Gasteiger partial charge in [0.05, 0.1) is 13.2 Å². The van der Waals surface area contributed by atoms with Crippen molar-refractivity contribution < 1.29 is 28.9 Å². The van der Waals surface area contributed by atoms with Gasteiger partial charge in [0.2, 0.25) is 0 Å². The lowest BCUT2D eigenvalue weighted by molar-refractivity contribution is -0.141. The Bertz CT molecular complexity index is 548. The topological polar surface area (TPSA) is 87.1 Å². The molecule has 2 atom stereocenters. The molecule has 6 nitrogen and oxygen atoms in total. The maximum absolute atomic E-state index is 13.8. The number of carboxylic acid groups (broad SMARTS) is 1. The first kappa shape index (κ1) is 14.3. The van der Waals surface area contributed by atoms with Crippen LogP contribution in [0, 0.1) is 5.82 Å². The molecule has 2 rings (SSSR count). The minimum absolute atomic E-state index is 0.0283. The Labute approximate surface area is 114 Å². The van der Waals surface area contributed by atoms with Crippen molar-refractivity contribution in [3.05, 3.63) is 29.6 Å². The van der Waals surface area contributed by atoms with Crippen molar-refractivity contribution >= 4 is 11.9 Å². The summed E-state index contributed by atoms with van der Waals surface area (Å²) in [4.78, 5) is 24.4. The highest BCUT2D eigenvalue weighted by Gasteiger charge is 2.40. The first-order chi connectivity index (χ1) is 9.45. The number of hydrogen-bond donors (Lipinski definition) is 2. The van der Waals surface area contributed by atoms with Gasteiger partial charge in [0.15, 0.2) is 0 Å². The number of amides is 1. The zero-order valence-corrected chi connectivity index (χ0v) is 10.7. The molecular weight excluding hydrogens is 269 g/mol. The number of halogens is 1. The van der Waals surface area contributed by atoms with Gasteiger partial charge in [-0.25, -0.2) is 9.18 Å². The van der Waals surface area contributed by atoms with Gasteiger partial charge in [0.1, 0.15) is 23.2 Å². The first-order valence-corrected chi connectivity index (χ1v) is 6.00. The zero-order valence-electron chi connectivity index (χ0n) is 10.7. The number of nitrogens with zero attached hydrogens (tertiary/aromatic N) is 1. The van der Waals surface area contributed by atoms with E-state index in [1.165, 1.54) is 19.2 Å². The van der Waals surface area contributed by atoms with Crippen molar-refractivity contribution in [2.75, 3.05) is 13.7 Å². The third-order valence-corrected chi connectivity index (χ3v) is 3.23. The number of carboxylic acids is 1. The smallest absolute Gasteiger partial charge is 0.326 e. The quantitative estimate of drug-likeness (QED) is 0.843. The summed E-state index contributed by atoms with van der Waals surface area (Å²) in [7, 11) is 1.29. The normalized spacial score (nSPS) is 21.9. The van der Waals surface area contributed by atoms with Gasteiger partial charge >= 0.3 is 5.97 Å². The Kier molecular flexibility index (Phi) is 3.89. The molecule has 0 spiro atoms. The number of benzene rings is 1. The number of ether oxygens (including phenoxy) is 1. The summed E-state index contributed by atoms with van der Waals surface area (Å²) in [5.74, 6) is -2.80. The van der Waals surface area contributed by atoms with Crippen LogP contribution in [0.5, 0.6) is 5.75 Å². The van der Waals surface area contributed by atoms with Gasteiger partial charge in [0, 0.05) is 13.0 Å². The zero-order chi connectivity index (χ0) is 14.9. The fourth-order valence-corrected chi connectivity index (χ4v) is 2.30. The van der Waals surface area contributed by atoms with Crippen molar-refractivity contribution in [2.45, 2.75) is 18.6 Å². The van der Waals surface area contributed by atoms with Crippen molar-refractivity contribution in [1.29, 1.82) is 0 Å². The Hall–Kier alpha value is -2.15. The van der Waals surface area contributed by atoms with Gasteiger partial charge < -0.3 is 19.8 Å². The summed E-state index contributed by atoms with van der Waals surface area (Å²) in [6, 6.07) is 2.73. The maximum atomic E-state index is 13.8. The van der Waals surface area contributed by atoms with Crippen LogP contribution in [-0.4, -0.2) is 52.8 Å². The summed E-state index contributed by atoms with van der Waals surface area (Å²) in [6.07, 6.45) is -1.00. The number of carbonyl (C=O) groups is 2. The lowest BCUT2D eigenvalue weighted by Gasteiger charge is -2.22. The number of aliphatic hydroxyl groups excluding tert-OH is 1. The molecule has 0 saturated carbocycles. The molecule has 1 aromatic rings. The van der Waals surface area contributed by atoms with Crippen molar-refractivity contribution in [3.8, 4) is 5.75 Å². The maximum Gasteiger partial charge on any atom is 0.326 e. The van der Waals surface area contributed by atoms with E-state index < -0.39 is 29.8 Å². The average Bonchev–Trinajstić information content (AvgIpc) is 2.80. The van der Waals surface area contributed by atoms with Crippen LogP contribution in [0.25, 0.3) is 0 Å². The number of carbonyl (C=O) groups excluding carboxylic acids is 1. The Balaban J connectivity index is 2.38. The second-order valence-corrected chi connectivity index (χ2v) is 4.52. The highest BCUT2D eigenvalue weighted by Crippen LogP contribution is 2.27. The van der Waals surface area contributed by atoms with Crippen LogP contribution in [0.2, 0.25) is 0 Å². The molecule has 1 aliphatic heterocycles.